The van der Waals surface area contributed by atoms with Gasteiger partial charge >= 0.3 is 0 Å². The van der Waals surface area contributed by atoms with Crippen molar-refractivity contribution in [2.24, 2.45) is 0 Å². The Kier molecular flexibility index (Phi) is 3.62. The zero-order valence-electron chi connectivity index (χ0n) is 9.85. The molecule has 0 saturated carbocycles. The van der Waals surface area contributed by atoms with Crippen LogP contribution < -0.4 is 15.2 Å². The molecule has 2 aromatic carbocycles. The summed E-state index contributed by atoms with van der Waals surface area (Å²) in [5.41, 5.74) is 5.02. The lowest BCUT2D eigenvalue weighted by molar-refractivity contribution is -0.386. The molecule has 0 aliphatic heterocycles. The normalized spacial score (nSPS) is 10.0. The van der Waals surface area contributed by atoms with E-state index in [-0.39, 0.29) is 0 Å². The van der Waals surface area contributed by atoms with Crippen LogP contribution >= 0.6 is 0 Å². The Morgan fingerprint density at radius 2 is 1.65 bits per heavy atom. The maximum absolute atomic E-state index is 5.74. The maximum atomic E-state index is 5.74. The van der Waals surface area contributed by atoms with Gasteiger partial charge in [0.15, 0.2) is 0 Å². The summed E-state index contributed by atoms with van der Waals surface area (Å²) in [4.78, 5) is 0. The maximum Gasteiger partial charge on any atom is 0.127 e. The van der Waals surface area contributed by atoms with Gasteiger partial charge in [-0.2, -0.15) is 0 Å². The van der Waals surface area contributed by atoms with Gasteiger partial charge in [0.1, 0.15) is 17.2 Å². The molecule has 0 aromatic heterocycles. The Bertz CT molecular complexity index is 480. The minimum atomic E-state index is 0.764. The van der Waals surface area contributed by atoms with Crippen LogP contribution in [0.3, 0.4) is 0 Å². The highest BCUT2D eigenvalue weighted by molar-refractivity contribution is 5.36. The van der Waals surface area contributed by atoms with E-state index in [1.807, 2.05) is 48.5 Å². The molecule has 0 heterocycles. The van der Waals surface area contributed by atoms with Crippen LogP contribution in [0.5, 0.6) is 17.2 Å². The quantitative estimate of drug-likeness (QED) is 0.875. The van der Waals surface area contributed by atoms with E-state index in [2.05, 4.69) is 5.73 Å². The van der Waals surface area contributed by atoms with Crippen LogP contribution in [0.2, 0.25) is 0 Å². The van der Waals surface area contributed by atoms with Crippen molar-refractivity contribution in [3.05, 3.63) is 54.1 Å². The van der Waals surface area contributed by atoms with Crippen LogP contribution in [0.4, 0.5) is 0 Å². The van der Waals surface area contributed by atoms with Gasteiger partial charge in [0.25, 0.3) is 0 Å². The highest BCUT2D eigenvalue weighted by Gasteiger charge is 1.99. The first-order valence-corrected chi connectivity index (χ1v) is 5.52. The molecule has 3 heteroatoms. The second-order valence-corrected chi connectivity index (χ2v) is 3.67. The topological polar surface area (TPSA) is 46.1 Å². The lowest BCUT2D eigenvalue weighted by Crippen LogP contribution is -2.47. The molecule has 0 aliphatic rings. The van der Waals surface area contributed by atoms with Crippen molar-refractivity contribution < 1.29 is 15.2 Å². The largest absolute Gasteiger partial charge is 0.497 e. The summed E-state index contributed by atoms with van der Waals surface area (Å²) in [6, 6.07) is 15.5. The standard InChI is InChI=1S/C14H15NO2/c1-16-12-5-7-13(8-6-12)17-14-4-2-3-11(9-14)10-15/h2-9H,10,15H2,1H3/p+1. The van der Waals surface area contributed by atoms with Crippen molar-refractivity contribution in [1.82, 2.24) is 0 Å². The minimum Gasteiger partial charge on any atom is -0.497 e. The van der Waals surface area contributed by atoms with Crippen molar-refractivity contribution in [2.75, 3.05) is 7.11 Å². The zero-order chi connectivity index (χ0) is 12.1. The molecule has 0 amide bonds. The van der Waals surface area contributed by atoms with Gasteiger partial charge in [-0.15, -0.1) is 0 Å². The highest BCUT2D eigenvalue weighted by Crippen LogP contribution is 2.24. The monoisotopic (exact) mass is 230 g/mol. The van der Waals surface area contributed by atoms with E-state index in [0.29, 0.717) is 0 Å². The smallest absolute Gasteiger partial charge is 0.127 e. The zero-order valence-corrected chi connectivity index (χ0v) is 9.85. The fraction of sp³-hybridized carbons (Fsp3) is 0.143. The summed E-state index contributed by atoms with van der Waals surface area (Å²) < 4.78 is 10.8. The Labute approximate surface area is 101 Å². The first kappa shape index (κ1) is 11.5. The van der Waals surface area contributed by atoms with Gasteiger partial charge in [0.2, 0.25) is 0 Å². The Hall–Kier alpha value is -2.00. The number of quaternary nitrogens is 1. The third-order valence-electron chi connectivity index (χ3n) is 2.48. The minimum absolute atomic E-state index is 0.764. The molecule has 0 bridgehead atoms. The summed E-state index contributed by atoms with van der Waals surface area (Å²) in [5, 5.41) is 0. The molecule has 3 nitrogen and oxygen atoms in total. The summed E-state index contributed by atoms with van der Waals surface area (Å²) in [6.45, 7) is 0.764. The van der Waals surface area contributed by atoms with Gasteiger partial charge in [-0.3, -0.25) is 0 Å². The highest BCUT2D eigenvalue weighted by atomic mass is 16.5. The number of rotatable bonds is 4. The van der Waals surface area contributed by atoms with Gasteiger partial charge in [-0.05, 0) is 36.4 Å². The first-order valence-electron chi connectivity index (χ1n) is 5.52. The number of methoxy groups -OCH3 is 1. The van der Waals surface area contributed by atoms with E-state index < -0.39 is 0 Å². The Balaban J connectivity index is 2.13. The van der Waals surface area contributed by atoms with E-state index in [1.165, 1.54) is 0 Å². The summed E-state index contributed by atoms with van der Waals surface area (Å²) in [5.74, 6) is 2.45. The van der Waals surface area contributed by atoms with Gasteiger partial charge in [-0.25, -0.2) is 0 Å². The predicted molar refractivity (Wildman–Crippen MR) is 66.1 cm³/mol. The van der Waals surface area contributed by atoms with Crippen molar-refractivity contribution in [3.63, 3.8) is 0 Å². The van der Waals surface area contributed by atoms with E-state index in [9.17, 15) is 0 Å². The van der Waals surface area contributed by atoms with Gasteiger partial charge in [0.05, 0.1) is 13.7 Å². The van der Waals surface area contributed by atoms with E-state index in [4.69, 9.17) is 9.47 Å². The van der Waals surface area contributed by atoms with E-state index in [1.54, 1.807) is 7.11 Å². The van der Waals surface area contributed by atoms with Crippen LogP contribution in [0, 0.1) is 0 Å². The van der Waals surface area contributed by atoms with Crippen molar-refractivity contribution >= 4 is 0 Å². The molecule has 0 fully saturated rings. The fourth-order valence-electron chi connectivity index (χ4n) is 1.54. The third-order valence-corrected chi connectivity index (χ3v) is 2.48. The third kappa shape index (κ3) is 2.98. The molecule has 0 spiro atoms. The molecular formula is C14H16NO2+. The average Bonchev–Trinajstić information content (AvgIpc) is 2.40. The molecule has 0 radical (unpaired) electrons. The first-order chi connectivity index (χ1) is 8.31. The van der Waals surface area contributed by atoms with Crippen molar-refractivity contribution in [3.8, 4) is 17.2 Å². The molecule has 0 atom stereocenters. The Morgan fingerprint density at radius 3 is 2.29 bits per heavy atom. The predicted octanol–water partition coefficient (Wildman–Crippen LogP) is 2.23. The molecule has 0 saturated heterocycles. The van der Waals surface area contributed by atoms with Crippen molar-refractivity contribution in [2.45, 2.75) is 6.54 Å². The lowest BCUT2D eigenvalue weighted by Gasteiger charge is -2.07. The van der Waals surface area contributed by atoms with E-state index >= 15 is 0 Å². The summed E-state index contributed by atoms with van der Waals surface area (Å²) in [7, 11) is 1.65. The Morgan fingerprint density at radius 1 is 0.941 bits per heavy atom. The lowest BCUT2D eigenvalue weighted by atomic mass is 10.2. The summed E-state index contributed by atoms with van der Waals surface area (Å²) in [6.07, 6.45) is 0. The van der Waals surface area contributed by atoms with Crippen molar-refractivity contribution in [1.29, 1.82) is 0 Å². The van der Waals surface area contributed by atoms with Crippen LogP contribution in [0.1, 0.15) is 5.56 Å². The number of hydrogen-bond donors (Lipinski definition) is 1. The van der Waals surface area contributed by atoms with E-state index in [0.717, 1.165) is 29.4 Å². The average molecular weight is 230 g/mol. The van der Waals surface area contributed by atoms with Crippen LogP contribution in [-0.2, 0) is 6.54 Å². The number of ether oxygens (including phenoxy) is 2. The second-order valence-electron chi connectivity index (χ2n) is 3.67. The molecular weight excluding hydrogens is 214 g/mol. The van der Waals surface area contributed by atoms with Gasteiger partial charge < -0.3 is 15.2 Å². The second kappa shape index (κ2) is 5.37. The molecule has 3 N–H and O–H groups in total. The molecule has 2 aromatic rings. The molecule has 17 heavy (non-hydrogen) atoms. The number of hydrogen-bond acceptors (Lipinski definition) is 2. The molecule has 0 unspecified atom stereocenters. The van der Waals surface area contributed by atoms with Gasteiger partial charge in [-0.1, -0.05) is 12.1 Å². The van der Waals surface area contributed by atoms with Crippen LogP contribution in [0.25, 0.3) is 0 Å². The number of benzene rings is 2. The molecule has 88 valence electrons. The van der Waals surface area contributed by atoms with Gasteiger partial charge in [0, 0.05) is 5.56 Å². The fourth-order valence-corrected chi connectivity index (χ4v) is 1.54. The molecule has 2 rings (SSSR count). The van der Waals surface area contributed by atoms with Crippen LogP contribution in [-0.4, -0.2) is 7.11 Å². The molecule has 0 aliphatic carbocycles. The van der Waals surface area contributed by atoms with Crippen LogP contribution in [0.15, 0.2) is 48.5 Å². The SMILES string of the molecule is COc1ccc(Oc2cccc(C[NH3+])c2)cc1. The summed E-state index contributed by atoms with van der Waals surface area (Å²) >= 11 is 0.